The first kappa shape index (κ1) is 21.9. The van der Waals surface area contributed by atoms with Gasteiger partial charge >= 0.3 is 0 Å². The van der Waals surface area contributed by atoms with Crippen LogP contribution in [-0.2, 0) is 6.42 Å². The zero-order valence-corrected chi connectivity index (χ0v) is 18.5. The summed E-state index contributed by atoms with van der Waals surface area (Å²) in [4.78, 5) is 4.72. The zero-order chi connectivity index (χ0) is 20.3. The first-order valence-corrected chi connectivity index (χ1v) is 12.0. The minimum absolute atomic E-state index is 0.806. The number of hydrogen-bond donors (Lipinski definition) is 0. The Kier molecular flexibility index (Phi) is 9.05. The number of rotatable bonds is 11. The van der Waals surface area contributed by atoms with Crippen molar-refractivity contribution >= 4 is 0 Å². The first-order chi connectivity index (χ1) is 14.3. The monoisotopic (exact) mass is 393 g/mol. The van der Waals surface area contributed by atoms with E-state index in [-0.39, 0.29) is 0 Å². The van der Waals surface area contributed by atoms with Crippen LogP contribution in [0.1, 0.15) is 83.6 Å². The Morgan fingerprint density at radius 3 is 2.17 bits per heavy atom. The highest BCUT2D eigenvalue weighted by Crippen LogP contribution is 2.33. The normalized spacial score (nSPS) is 19.2. The molecule has 1 aliphatic rings. The Morgan fingerprint density at radius 2 is 1.55 bits per heavy atom. The van der Waals surface area contributed by atoms with Crippen molar-refractivity contribution in [3.63, 3.8) is 0 Å². The lowest BCUT2D eigenvalue weighted by Gasteiger charge is -2.28. The summed E-state index contributed by atoms with van der Waals surface area (Å²) >= 11 is 0. The van der Waals surface area contributed by atoms with E-state index in [1.165, 1.54) is 69.8 Å². The fourth-order valence-electron chi connectivity index (χ4n) is 4.60. The van der Waals surface area contributed by atoms with Gasteiger partial charge in [0.1, 0.15) is 5.75 Å². The Hall–Kier alpha value is -1.83. The first-order valence-electron chi connectivity index (χ1n) is 12.0. The van der Waals surface area contributed by atoms with E-state index in [1.54, 1.807) is 0 Å². The molecule has 0 atom stereocenters. The molecular weight excluding hydrogens is 354 g/mol. The topological polar surface area (TPSA) is 22.1 Å². The molecule has 1 fully saturated rings. The van der Waals surface area contributed by atoms with Crippen molar-refractivity contribution in [1.29, 1.82) is 0 Å². The minimum atomic E-state index is 0.806. The van der Waals surface area contributed by atoms with Crippen molar-refractivity contribution in [2.75, 3.05) is 6.61 Å². The Morgan fingerprint density at radius 1 is 0.828 bits per heavy atom. The molecule has 1 heterocycles. The zero-order valence-electron chi connectivity index (χ0n) is 18.5. The molecule has 0 saturated heterocycles. The molecule has 0 unspecified atom stereocenters. The third-order valence-corrected chi connectivity index (χ3v) is 6.50. The van der Waals surface area contributed by atoms with Gasteiger partial charge in [-0.25, -0.2) is 0 Å². The van der Waals surface area contributed by atoms with E-state index in [1.807, 2.05) is 0 Å². The van der Waals surface area contributed by atoms with Gasteiger partial charge in [0.15, 0.2) is 0 Å². The molecule has 3 rings (SSSR count). The highest BCUT2D eigenvalue weighted by Gasteiger charge is 2.20. The van der Waals surface area contributed by atoms with Gasteiger partial charge in [0, 0.05) is 11.8 Å². The maximum Gasteiger partial charge on any atom is 0.119 e. The van der Waals surface area contributed by atoms with Gasteiger partial charge in [0.05, 0.1) is 12.3 Å². The van der Waals surface area contributed by atoms with Crippen molar-refractivity contribution in [2.24, 2.45) is 11.8 Å². The molecule has 2 nitrogen and oxygen atoms in total. The van der Waals surface area contributed by atoms with Crippen LogP contribution in [0.25, 0.3) is 11.3 Å². The lowest BCUT2D eigenvalue weighted by molar-refractivity contribution is 0.252. The van der Waals surface area contributed by atoms with Gasteiger partial charge in [-0.1, -0.05) is 71.3 Å². The number of hydrogen-bond acceptors (Lipinski definition) is 2. The fourth-order valence-corrected chi connectivity index (χ4v) is 4.60. The van der Waals surface area contributed by atoms with E-state index in [0.29, 0.717) is 0 Å². The Labute approximate surface area is 178 Å². The molecule has 0 spiro atoms. The van der Waals surface area contributed by atoms with Gasteiger partial charge < -0.3 is 4.74 Å². The molecule has 1 aromatic heterocycles. The molecule has 1 aromatic carbocycles. The number of ether oxygens (including phenoxy) is 1. The summed E-state index contributed by atoms with van der Waals surface area (Å²) in [7, 11) is 0. The summed E-state index contributed by atoms with van der Waals surface area (Å²) in [5.41, 5.74) is 3.58. The average Bonchev–Trinajstić information content (AvgIpc) is 2.77. The fraction of sp³-hybridized carbons (Fsp3) is 0.593. The van der Waals surface area contributed by atoms with Crippen LogP contribution in [-0.4, -0.2) is 11.6 Å². The largest absolute Gasteiger partial charge is 0.494 e. The number of pyridine rings is 1. The summed E-state index contributed by atoms with van der Waals surface area (Å²) in [5.74, 6) is 2.88. The van der Waals surface area contributed by atoms with Crippen LogP contribution < -0.4 is 4.74 Å². The van der Waals surface area contributed by atoms with Crippen LogP contribution >= 0.6 is 0 Å². The highest BCUT2D eigenvalue weighted by molar-refractivity contribution is 5.60. The van der Waals surface area contributed by atoms with E-state index >= 15 is 0 Å². The number of benzene rings is 1. The minimum Gasteiger partial charge on any atom is -0.494 e. The highest BCUT2D eigenvalue weighted by atomic mass is 16.5. The molecule has 1 aliphatic carbocycles. The molecular formula is C27H39NO. The average molecular weight is 394 g/mol. The molecule has 29 heavy (non-hydrogen) atoms. The van der Waals surface area contributed by atoms with Crippen molar-refractivity contribution in [1.82, 2.24) is 4.98 Å². The standard InChI is InChI=1S/C27H39NO/c1-3-5-6-20-29-26-17-15-25(16-18-26)27-19-14-24(21-28-27)13-12-23-10-8-22(7-4-2)9-11-23/h14-19,21-23H,3-13,20H2,1-2H3/t22-,23-. The molecule has 0 amide bonds. The lowest BCUT2D eigenvalue weighted by Crippen LogP contribution is -2.15. The summed E-state index contributed by atoms with van der Waals surface area (Å²) in [6, 6.07) is 12.8. The molecule has 2 aromatic rings. The smallest absolute Gasteiger partial charge is 0.119 e. The van der Waals surface area contributed by atoms with E-state index < -0.39 is 0 Å². The molecule has 0 aliphatic heterocycles. The third kappa shape index (κ3) is 7.17. The second-order valence-electron chi connectivity index (χ2n) is 8.85. The van der Waals surface area contributed by atoms with Crippen LogP contribution in [0.5, 0.6) is 5.75 Å². The van der Waals surface area contributed by atoms with Gasteiger partial charge in [-0.15, -0.1) is 0 Å². The van der Waals surface area contributed by atoms with E-state index in [0.717, 1.165) is 41.9 Å². The van der Waals surface area contributed by atoms with Crippen molar-refractivity contribution in [3.8, 4) is 17.0 Å². The molecule has 1 saturated carbocycles. The van der Waals surface area contributed by atoms with Crippen LogP contribution in [0.4, 0.5) is 0 Å². The van der Waals surface area contributed by atoms with Gasteiger partial charge in [-0.05, 0) is 67.0 Å². The number of nitrogens with zero attached hydrogens (tertiary/aromatic N) is 1. The second-order valence-corrected chi connectivity index (χ2v) is 8.85. The molecule has 0 bridgehead atoms. The second kappa shape index (κ2) is 12.0. The molecule has 158 valence electrons. The van der Waals surface area contributed by atoms with Crippen molar-refractivity contribution in [3.05, 3.63) is 48.2 Å². The third-order valence-electron chi connectivity index (χ3n) is 6.50. The van der Waals surface area contributed by atoms with Gasteiger partial charge in [-0.3, -0.25) is 4.98 Å². The van der Waals surface area contributed by atoms with Gasteiger partial charge in [0.25, 0.3) is 0 Å². The SMILES string of the molecule is CCCCCOc1ccc(-c2ccc(CC[C@H]3CC[C@H](CCC)CC3)cn2)cc1. The summed E-state index contributed by atoms with van der Waals surface area (Å²) < 4.78 is 5.81. The van der Waals surface area contributed by atoms with E-state index in [9.17, 15) is 0 Å². The van der Waals surface area contributed by atoms with Crippen LogP contribution in [0.15, 0.2) is 42.6 Å². The Bertz CT molecular complexity index is 683. The van der Waals surface area contributed by atoms with E-state index in [4.69, 9.17) is 9.72 Å². The Balaban J connectivity index is 1.44. The lowest BCUT2D eigenvalue weighted by atomic mass is 9.78. The maximum absolute atomic E-state index is 5.81. The predicted molar refractivity (Wildman–Crippen MR) is 123 cm³/mol. The maximum atomic E-state index is 5.81. The molecule has 0 N–H and O–H groups in total. The van der Waals surface area contributed by atoms with Crippen molar-refractivity contribution in [2.45, 2.75) is 84.5 Å². The number of aromatic nitrogens is 1. The van der Waals surface area contributed by atoms with Gasteiger partial charge in [-0.2, -0.15) is 0 Å². The predicted octanol–water partition coefficient (Wildman–Crippen LogP) is 7.86. The van der Waals surface area contributed by atoms with Crippen LogP contribution in [0.3, 0.4) is 0 Å². The van der Waals surface area contributed by atoms with Crippen molar-refractivity contribution < 1.29 is 4.74 Å². The van der Waals surface area contributed by atoms with Crippen LogP contribution in [0.2, 0.25) is 0 Å². The molecule has 2 heteroatoms. The summed E-state index contributed by atoms with van der Waals surface area (Å²) in [6.07, 6.45) is 16.7. The summed E-state index contributed by atoms with van der Waals surface area (Å²) in [6.45, 7) is 5.34. The quantitative estimate of drug-likeness (QED) is 0.362. The molecule has 0 radical (unpaired) electrons. The summed E-state index contributed by atoms with van der Waals surface area (Å²) in [5, 5.41) is 0. The van der Waals surface area contributed by atoms with Crippen LogP contribution in [0, 0.1) is 11.8 Å². The van der Waals surface area contributed by atoms with E-state index in [2.05, 4.69) is 56.4 Å². The number of aryl methyl sites for hydroxylation is 1. The van der Waals surface area contributed by atoms with Gasteiger partial charge in [0.2, 0.25) is 0 Å². The number of unbranched alkanes of at least 4 members (excludes halogenated alkanes) is 2.